The number of benzene rings is 2. The number of rotatable bonds is 6. The zero-order valence-electron chi connectivity index (χ0n) is 16.6. The quantitative estimate of drug-likeness (QED) is 0.569. The third-order valence-corrected chi connectivity index (χ3v) is 5.67. The number of thiazole rings is 1. The van der Waals surface area contributed by atoms with Gasteiger partial charge in [0.1, 0.15) is 5.01 Å². The smallest absolute Gasteiger partial charge is 0.312 e. The van der Waals surface area contributed by atoms with E-state index in [2.05, 4.69) is 10.1 Å². The highest BCUT2D eigenvalue weighted by Gasteiger charge is 2.22. The number of ether oxygens (including phenoxy) is 1. The molecule has 0 aliphatic carbocycles. The topological polar surface area (TPSA) is 71.9 Å². The minimum atomic E-state index is -0.476. The van der Waals surface area contributed by atoms with Crippen LogP contribution in [0.25, 0.3) is 10.6 Å². The van der Waals surface area contributed by atoms with Gasteiger partial charge in [-0.3, -0.25) is 9.59 Å². The molecule has 0 saturated heterocycles. The third-order valence-electron chi connectivity index (χ3n) is 4.73. The SMILES string of the molecule is Cc1ccc(-c2nc(CC(=O)OCC(=O)N3CCC(c4ccccc4)=N3)cs2)cc1. The lowest BCUT2D eigenvalue weighted by molar-refractivity contribution is -0.151. The molecule has 6 nitrogen and oxygen atoms in total. The first-order valence-corrected chi connectivity index (χ1v) is 10.6. The molecule has 2 aromatic carbocycles. The standard InChI is InChI=1S/C23H21N3O3S/c1-16-7-9-18(10-8-16)23-24-19(15-30-23)13-22(28)29-14-21(27)26-12-11-20(25-26)17-5-3-2-4-6-17/h2-10,15H,11-14H2,1H3. The Bertz CT molecular complexity index is 1070. The van der Waals surface area contributed by atoms with Gasteiger partial charge in [-0.1, -0.05) is 60.2 Å². The molecule has 30 heavy (non-hydrogen) atoms. The van der Waals surface area contributed by atoms with Gasteiger partial charge in [0.15, 0.2) is 6.61 Å². The highest BCUT2D eigenvalue weighted by molar-refractivity contribution is 7.13. The molecule has 0 saturated carbocycles. The second-order valence-corrected chi connectivity index (χ2v) is 7.89. The van der Waals surface area contributed by atoms with Crippen LogP contribution in [0.15, 0.2) is 65.1 Å². The molecule has 0 fully saturated rings. The van der Waals surface area contributed by atoms with Crippen LogP contribution in [0.5, 0.6) is 0 Å². The Labute approximate surface area is 178 Å². The van der Waals surface area contributed by atoms with Gasteiger partial charge in [0.25, 0.3) is 5.91 Å². The summed E-state index contributed by atoms with van der Waals surface area (Å²) < 4.78 is 5.16. The van der Waals surface area contributed by atoms with E-state index in [0.29, 0.717) is 18.7 Å². The summed E-state index contributed by atoms with van der Waals surface area (Å²) in [5.74, 6) is -0.802. The molecule has 0 radical (unpaired) electrons. The molecule has 152 valence electrons. The van der Waals surface area contributed by atoms with Gasteiger partial charge in [0.05, 0.1) is 24.4 Å². The minimum absolute atomic E-state index is 0.0359. The summed E-state index contributed by atoms with van der Waals surface area (Å²) in [4.78, 5) is 29.0. The van der Waals surface area contributed by atoms with E-state index in [1.165, 1.54) is 21.9 Å². The van der Waals surface area contributed by atoms with E-state index in [-0.39, 0.29) is 18.9 Å². The number of hydrazone groups is 1. The maximum Gasteiger partial charge on any atom is 0.312 e. The van der Waals surface area contributed by atoms with Crippen LogP contribution in [0.2, 0.25) is 0 Å². The maximum absolute atomic E-state index is 12.3. The van der Waals surface area contributed by atoms with Crippen molar-refractivity contribution in [2.24, 2.45) is 5.10 Å². The van der Waals surface area contributed by atoms with Crippen molar-refractivity contribution in [2.45, 2.75) is 19.8 Å². The number of esters is 1. The fourth-order valence-electron chi connectivity index (χ4n) is 3.10. The molecule has 0 spiro atoms. The number of amides is 1. The Hall–Kier alpha value is -3.32. The lowest BCUT2D eigenvalue weighted by atomic mass is 10.1. The number of hydrogen-bond acceptors (Lipinski definition) is 6. The van der Waals surface area contributed by atoms with E-state index in [1.807, 2.05) is 66.9 Å². The maximum atomic E-state index is 12.3. The third kappa shape index (κ3) is 4.80. The minimum Gasteiger partial charge on any atom is -0.455 e. The van der Waals surface area contributed by atoms with Crippen molar-refractivity contribution in [3.8, 4) is 10.6 Å². The summed E-state index contributed by atoms with van der Waals surface area (Å²) in [5, 5.41) is 8.43. The molecule has 0 N–H and O–H groups in total. The molecule has 1 amide bonds. The fraction of sp³-hybridized carbons (Fsp3) is 0.217. The number of hydrogen-bond donors (Lipinski definition) is 0. The van der Waals surface area contributed by atoms with Crippen molar-refractivity contribution in [1.82, 2.24) is 9.99 Å². The number of carbonyl (C=O) groups excluding carboxylic acids is 2. The highest BCUT2D eigenvalue weighted by atomic mass is 32.1. The van der Waals surface area contributed by atoms with Crippen LogP contribution in [0.1, 0.15) is 23.2 Å². The van der Waals surface area contributed by atoms with Gasteiger partial charge in [0.2, 0.25) is 0 Å². The molecule has 4 rings (SSSR count). The molecular weight excluding hydrogens is 398 g/mol. The van der Waals surface area contributed by atoms with Crippen LogP contribution in [0.3, 0.4) is 0 Å². The van der Waals surface area contributed by atoms with Gasteiger partial charge >= 0.3 is 5.97 Å². The number of carbonyl (C=O) groups is 2. The van der Waals surface area contributed by atoms with Crippen LogP contribution < -0.4 is 0 Å². The number of aromatic nitrogens is 1. The van der Waals surface area contributed by atoms with Crippen molar-refractivity contribution in [2.75, 3.05) is 13.2 Å². The Morgan fingerprint density at radius 2 is 1.83 bits per heavy atom. The number of nitrogens with zero attached hydrogens (tertiary/aromatic N) is 3. The molecule has 1 aliphatic rings. The first kappa shape index (κ1) is 20.0. The molecule has 2 heterocycles. The summed E-state index contributed by atoms with van der Waals surface area (Å²) in [6.07, 6.45) is 0.721. The highest BCUT2D eigenvalue weighted by Crippen LogP contribution is 2.24. The Kier molecular flexibility index (Phi) is 5.99. The summed E-state index contributed by atoms with van der Waals surface area (Å²) >= 11 is 1.48. The molecule has 0 bridgehead atoms. The first-order chi connectivity index (χ1) is 14.6. The van der Waals surface area contributed by atoms with Crippen molar-refractivity contribution in [3.05, 3.63) is 76.8 Å². The van der Waals surface area contributed by atoms with Gasteiger partial charge in [0, 0.05) is 17.4 Å². The molecular formula is C23H21N3O3S. The van der Waals surface area contributed by atoms with Gasteiger partial charge in [-0.05, 0) is 12.5 Å². The second-order valence-electron chi connectivity index (χ2n) is 7.03. The van der Waals surface area contributed by atoms with Crippen molar-refractivity contribution >= 4 is 28.9 Å². The van der Waals surface area contributed by atoms with E-state index < -0.39 is 5.97 Å². The summed E-state index contributed by atoms with van der Waals surface area (Å²) in [7, 11) is 0. The van der Waals surface area contributed by atoms with E-state index in [0.717, 1.165) is 21.8 Å². The summed E-state index contributed by atoms with van der Waals surface area (Å²) in [5.41, 5.74) is 4.70. The molecule has 0 unspecified atom stereocenters. The predicted octanol–water partition coefficient (Wildman–Crippen LogP) is 3.84. The van der Waals surface area contributed by atoms with Crippen molar-refractivity contribution in [3.63, 3.8) is 0 Å². The Morgan fingerprint density at radius 3 is 2.60 bits per heavy atom. The van der Waals surface area contributed by atoms with Crippen LogP contribution in [-0.2, 0) is 20.7 Å². The van der Waals surface area contributed by atoms with Gasteiger partial charge < -0.3 is 4.74 Å². The molecule has 3 aromatic rings. The summed E-state index contributed by atoms with van der Waals surface area (Å²) in [6, 6.07) is 17.8. The van der Waals surface area contributed by atoms with Crippen LogP contribution >= 0.6 is 11.3 Å². The van der Waals surface area contributed by atoms with Crippen LogP contribution in [-0.4, -0.2) is 40.7 Å². The molecule has 7 heteroatoms. The zero-order valence-corrected chi connectivity index (χ0v) is 17.4. The lowest BCUT2D eigenvalue weighted by Gasteiger charge is -2.11. The van der Waals surface area contributed by atoms with Crippen LogP contribution in [0.4, 0.5) is 0 Å². The van der Waals surface area contributed by atoms with Crippen molar-refractivity contribution in [1.29, 1.82) is 0 Å². The van der Waals surface area contributed by atoms with Gasteiger partial charge in [-0.25, -0.2) is 9.99 Å². The normalized spacial score (nSPS) is 13.2. The molecule has 1 aliphatic heterocycles. The average molecular weight is 420 g/mol. The van der Waals surface area contributed by atoms with Crippen molar-refractivity contribution < 1.29 is 14.3 Å². The van der Waals surface area contributed by atoms with Crippen LogP contribution in [0, 0.1) is 6.92 Å². The lowest BCUT2D eigenvalue weighted by Crippen LogP contribution is -2.29. The van der Waals surface area contributed by atoms with E-state index in [9.17, 15) is 9.59 Å². The predicted molar refractivity (Wildman–Crippen MR) is 116 cm³/mol. The van der Waals surface area contributed by atoms with Gasteiger partial charge in [-0.2, -0.15) is 5.10 Å². The first-order valence-electron chi connectivity index (χ1n) is 9.69. The van der Waals surface area contributed by atoms with E-state index in [1.54, 1.807) is 0 Å². The van der Waals surface area contributed by atoms with E-state index in [4.69, 9.17) is 4.74 Å². The fourth-order valence-corrected chi connectivity index (χ4v) is 3.93. The molecule has 1 aromatic heterocycles. The second kappa shape index (κ2) is 9.00. The monoisotopic (exact) mass is 419 g/mol. The average Bonchev–Trinajstić information content (AvgIpc) is 3.43. The zero-order chi connectivity index (χ0) is 20.9. The Balaban J connectivity index is 1.28. The Morgan fingerprint density at radius 1 is 1.07 bits per heavy atom. The number of aryl methyl sites for hydroxylation is 1. The summed E-state index contributed by atoms with van der Waals surface area (Å²) in [6.45, 7) is 2.20. The van der Waals surface area contributed by atoms with Gasteiger partial charge in [-0.15, -0.1) is 11.3 Å². The van der Waals surface area contributed by atoms with E-state index >= 15 is 0 Å². The molecule has 0 atom stereocenters. The largest absolute Gasteiger partial charge is 0.455 e.